The van der Waals surface area contributed by atoms with Crippen LogP contribution < -0.4 is 0 Å². The quantitative estimate of drug-likeness (QED) is 0.222. The van der Waals surface area contributed by atoms with Crippen molar-refractivity contribution in [1.29, 1.82) is 0 Å². The number of thiazole rings is 1. The smallest absolute Gasteiger partial charge is 0.165 e. The molecule has 1 heterocycles. The third kappa shape index (κ3) is 6.37. The highest BCUT2D eigenvalue weighted by Crippen LogP contribution is 2.42. The minimum absolute atomic E-state index is 0.0368. The van der Waals surface area contributed by atoms with E-state index in [0.29, 0.717) is 0 Å². The first kappa shape index (κ1) is 30.5. The standard InChI is InChI=1S/C37H47NS2/c1-34(2,3)26-18-24(19-27(22-26)35(4,5)6)30-14-13-15-31(32(30)38-16-17-40-33(38)39)25-20-28(36(7,8)9)23-29(21-25)37(10,11)12/h13-23H,1-12H3. The highest BCUT2D eigenvalue weighted by molar-refractivity contribution is 7.73. The molecule has 0 saturated heterocycles. The molecule has 3 heteroatoms. The molecule has 0 atom stereocenters. The summed E-state index contributed by atoms with van der Waals surface area (Å²) in [5.74, 6) is 0. The van der Waals surface area contributed by atoms with Crippen LogP contribution in [0.4, 0.5) is 0 Å². The minimum atomic E-state index is 0.0368. The van der Waals surface area contributed by atoms with Gasteiger partial charge in [-0.25, -0.2) is 0 Å². The van der Waals surface area contributed by atoms with Gasteiger partial charge < -0.3 is 0 Å². The van der Waals surface area contributed by atoms with Crippen LogP contribution in [0.5, 0.6) is 0 Å². The Morgan fingerprint density at radius 2 is 0.900 bits per heavy atom. The monoisotopic (exact) mass is 569 g/mol. The largest absolute Gasteiger partial charge is 0.298 e. The number of para-hydroxylation sites is 1. The van der Waals surface area contributed by atoms with Crippen molar-refractivity contribution in [3.63, 3.8) is 0 Å². The molecule has 1 aromatic heterocycles. The predicted molar refractivity (Wildman–Crippen MR) is 180 cm³/mol. The molecule has 3 aromatic carbocycles. The number of rotatable bonds is 3. The molecular formula is C37H47NS2. The Morgan fingerprint density at radius 1 is 0.550 bits per heavy atom. The van der Waals surface area contributed by atoms with Gasteiger partial charge in [0.15, 0.2) is 3.95 Å². The molecule has 0 aliphatic rings. The number of hydrogen-bond acceptors (Lipinski definition) is 2. The first-order valence-corrected chi connectivity index (χ1v) is 15.7. The van der Waals surface area contributed by atoms with Crippen LogP contribution in [0.15, 0.2) is 66.2 Å². The number of benzene rings is 3. The fourth-order valence-electron chi connectivity index (χ4n) is 5.00. The fraction of sp³-hybridized carbons (Fsp3) is 0.432. The Labute approximate surface area is 252 Å². The van der Waals surface area contributed by atoms with E-state index in [1.165, 1.54) is 44.5 Å². The van der Waals surface area contributed by atoms with Crippen molar-refractivity contribution in [2.75, 3.05) is 0 Å². The Hall–Kier alpha value is -2.49. The van der Waals surface area contributed by atoms with Crippen molar-refractivity contribution < 1.29 is 0 Å². The van der Waals surface area contributed by atoms with Crippen LogP contribution in [-0.2, 0) is 21.7 Å². The van der Waals surface area contributed by atoms with Gasteiger partial charge in [0.1, 0.15) is 0 Å². The van der Waals surface area contributed by atoms with Crippen LogP contribution in [0, 0.1) is 3.95 Å². The average Bonchev–Trinajstić information content (AvgIpc) is 3.26. The van der Waals surface area contributed by atoms with E-state index in [-0.39, 0.29) is 21.7 Å². The Kier molecular flexibility index (Phi) is 7.93. The summed E-state index contributed by atoms with van der Waals surface area (Å²) in [5, 5.41) is 2.10. The topological polar surface area (TPSA) is 4.93 Å². The fourth-order valence-corrected chi connectivity index (χ4v) is 5.88. The lowest BCUT2D eigenvalue weighted by molar-refractivity contribution is 0.568. The summed E-state index contributed by atoms with van der Waals surface area (Å²) in [7, 11) is 0. The molecule has 0 bridgehead atoms. The zero-order valence-electron chi connectivity index (χ0n) is 26.6. The third-order valence-electron chi connectivity index (χ3n) is 7.80. The minimum Gasteiger partial charge on any atom is -0.298 e. The molecule has 0 amide bonds. The van der Waals surface area contributed by atoms with Crippen molar-refractivity contribution >= 4 is 23.6 Å². The summed E-state index contributed by atoms with van der Waals surface area (Å²) >= 11 is 7.52. The van der Waals surface area contributed by atoms with E-state index in [0.717, 1.165) is 9.64 Å². The molecular weight excluding hydrogens is 523 g/mol. The Morgan fingerprint density at radius 3 is 1.18 bits per heavy atom. The molecule has 4 rings (SSSR count). The Bertz CT molecular complexity index is 1430. The van der Waals surface area contributed by atoms with Gasteiger partial charge in [-0.3, -0.25) is 4.57 Å². The van der Waals surface area contributed by atoms with Crippen molar-refractivity contribution in [3.05, 3.63) is 92.4 Å². The molecule has 0 unspecified atom stereocenters. The average molecular weight is 570 g/mol. The first-order valence-electron chi connectivity index (χ1n) is 14.4. The second-order valence-corrected chi connectivity index (χ2v) is 16.9. The van der Waals surface area contributed by atoms with Gasteiger partial charge in [0.2, 0.25) is 0 Å². The molecule has 0 radical (unpaired) electrons. The zero-order chi connectivity index (χ0) is 29.8. The van der Waals surface area contributed by atoms with E-state index in [1.54, 1.807) is 11.3 Å². The van der Waals surface area contributed by atoms with Crippen LogP contribution in [0.25, 0.3) is 27.9 Å². The molecule has 0 aliphatic heterocycles. The van der Waals surface area contributed by atoms with Crippen molar-refractivity contribution in [1.82, 2.24) is 4.57 Å². The normalized spacial score (nSPS) is 13.1. The summed E-state index contributed by atoms with van der Waals surface area (Å²) in [5.41, 5.74) is 11.6. The zero-order valence-corrected chi connectivity index (χ0v) is 28.2. The van der Waals surface area contributed by atoms with Gasteiger partial charge in [-0.05, 0) is 67.3 Å². The van der Waals surface area contributed by atoms with E-state index in [9.17, 15) is 0 Å². The van der Waals surface area contributed by atoms with Gasteiger partial charge >= 0.3 is 0 Å². The van der Waals surface area contributed by atoms with Gasteiger partial charge in [-0.15, -0.1) is 11.3 Å². The number of hydrogen-bond donors (Lipinski definition) is 0. The predicted octanol–water partition coefficient (Wildman–Crippen LogP) is 11.8. The highest BCUT2D eigenvalue weighted by Gasteiger charge is 2.25. The van der Waals surface area contributed by atoms with E-state index in [2.05, 4.69) is 154 Å². The van der Waals surface area contributed by atoms with Gasteiger partial charge in [0, 0.05) is 22.7 Å². The lowest BCUT2D eigenvalue weighted by Crippen LogP contribution is -2.17. The van der Waals surface area contributed by atoms with E-state index >= 15 is 0 Å². The summed E-state index contributed by atoms with van der Waals surface area (Å²) in [6.45, 7) is 27.6. The van der Waals surface area contributed by atoms with Crippen molar-refractivity contribution in [2.24, 2.45) is 0 Å². The SMILES string of the molecule is CC(C)(C)c1cc(-c2cccc(-c3cc(C(C)(C)C)cc(C(C)(C)C)c3)c2-n2ccsc2=S)cc(C(C)(C)C)c1. The molecule has 0 N–H and O–H groups in total. The molecule has 0 aliphatic carbocycles. The van der Waals surface area contributed by atoms with E-state index in [1.807, 2.05) is 0 Å². The number of nitrogens with zero attached hydrogens (tertiary/aromatic N) is 1. The lowest BCUT2D eigenvalue weighted by Gasteiger charge is -2.28. The van der Waals surface area contributed by atoms with Crippen LogP contribution in [0.1, 0.15) is 105 Å². The third-order valence-corrected chi connectivity index (χ3v) is 8.95. The second-order valence-electron chi connectivity index (χ2n) is 15.3. The first-order chi connectivity index (χ1) is 18.3. The van der Waals surface area contributed by atoms with Crippen LogP contribution in [0.2, 0.25) is 0 Å². The van der Waals surface area contributed by atoms with Crippen molar-refractivity contribution in [2.45, 2.75) is 105 Å². The van der Waals surface area contributed by atoms with E-state index in [4.69, 9.17) is 12.2 Å². The molecule has 1 nitrogen and oxygen atoms in total. The summed E-state index contributed by atoms with van der Waals surface area (Å²) in [6.07, 6.45) is 2.13. The summed E-state index contributed by atoms with van der Waals surface area (Å²) in [4.78, 5) is 0. The molecule has 4 aromatic rings. The maximum atomic E-state index is 5.91. The second kappa shape index (κ2) is 10.4. The number of aromatic nitrogens is 1. The molecule has 0 spiro atoms. The van der Waals surface area contributed by atoms with Gasteiger partial charge in [0.25, 0.3) is 0 Å². The molecule has 0 saturated carbocycles. The van der Waals surface area contributed by atoms with E-state index < -0.39 is 0 Å². The van der Waals surface area contributed by atoms with Gasteiger partial charge in [0.05, 0.1) is 5.69 Å². The van der Waals surface area contributed by atoms with Gasteiger partial charge in [-0.1, -0.05) is 138 Å². The maximum absolute atomic E-state index is 5.91. The van der Waals surface area contributed by atoms with Gasteiger partial charge in [-0.2, -0.15) is 0 Å². The Balaban J connectivity index is 2.13. The van der Waals surface area contributed by atoms with Crippen LogP contribution in [0.3, 0.4) is 0 Å². The van der Waals surface area contributed by atoms with Crippen molar-refractivity contribution in [3.8, 4) is 27.9 Å². The molecule has 40 heavy (non-hydrogen) atoms. The van der Waals surface area contributed by atoms with Crippen LogP contribution >= 0.6 is 23.6 Å². The summed E-state index contributed by atoms with van der Waals surface area (Å²) < 4.78 is 3.07. The lowest BCUT2D eigenvalue weighted by atomic mass is 9.78. The molecule has 0 fully saturated rings. The highest BCUT2D eigenvalue weighted by atomic mass is 32.1. The van der Waals surface area contributed by atoms with Crippen LogP contribution in [-0.4, -0.2) is 4.57 Å². The maximum Gasteiger partial charge on any atom is 0.165 e. The molecule has 212 valence electrons. The summed E-state index contributed by atoms with van der Waals surface area (Å²) in [6, 6.07) is 21.1.